The molecule has 0 aromatic carbocycles. The largest absolute Gasteiger partial charge is 0.455 e. The number of nitrogens with one attached hydrogen (secondary N) is 1. The second-order valence-electron chi connectivity index (χ2n) is 7.37. The number of rotatable bonds is 2. The quantitative estimate of drug-likeness (QED) is 0.649. The summed E-state index contributed by atoms with van der Waals surface area (Å²) in [5.74, 6) is 0.989. The number of amides is 1. The van der Waals surface area contributed by atoms with E-state index in [2.05, 4.69) is 24.3 Å². The van der Waals surface area contributed by atoms with Crippen molar-refractivity contribution in [3.8, 4) is 0 Å². The van der Waals surface area contributed by atoms with Crippen LogP contribution in [0.5, 0.6) is 0 Å². The lowest BCUT2D eigenvalue weighted by Gasteiger charge is -2.28. The Labute approximate surface area is 130 Å². The van der Waals surface area contributed by atoms with Crippen molar-refractivity contribution in [1.29, 1.82) is 0 Å². The maximum Gasteiger partial charge on any atom is 0.287 e. The van der Waals surface area contributed by atoms with Crippen LogP contribution in [-0.2, 0) is 6.42 Å². The molecule has 2 N–H and O–H groups in total. The fourth-order valence-corrected chi connectivity index (χ4v) is 3.74. The zero-order valence-corrected chi connectivity index (χ0v) is 13.5. The van der Waals surface area contributed by atoms with Gasteiger partial charge in [-0.15, -0.1) is 0 Å². The molecule has 0 spiro atoms. The van der Waals surface area contributed by atoms with Gasteiger partial charge in [0.2, 0.25) is 0 Å². The van der Waals surface area contributed by atoms with Crippen LogP contribution in [0.4, 0.5) is 0 Å². The highest BCUT2D eigenvalue weighted by molar-refractivity contribution is 6.06. The Morgan fingerprint density at radius 3 is 2.64 bits per heavy atom. The zero-order valence-electron chi connectivity index (χ0n) is 13.5. The van der Waals surface area contributed by atoms with Gasteiger partial charge in [0.25, 0.3) is 5.91 Å². The summed E-state index contributed by atoms with van der Waals surface area (Å²) in [6.07, 6.45) is 5.87. The Bertz CT molecular complexity index is 622. The maximum atomic E-state index is 12.5. The second kappa shape index (κ2) is 5.45. The molecule has 1 heterocycles. The molecule has 3 rings (SSSR count). The number of oxime groups is 1. The standard InChI is InChI=1S/C17H24N2O3/c1-10-14-12(19-21)8-17(2,3)9-13(14)22-15(10)16(20)18-11-6-4-5-7-11/h11,21H,4-9H2,1-3H3,(H,18,20)/b19-12-. The van der Waals surface area contributed by atoms with Crippen molar-refractivity contribution in [1.82, 2.24) is 5.32 Å². The highest BCUT2D eigenvalue weighted by atomic mass is 16.4. The van der Waals surface area contributed by atoms with Crippen LogP contribution in [-0.4, -0.2) is 22.9 Å². The zero-order chi connectivity index (χ0) is 15.9. The van der Waals surface area contributed by atoms with Crippen LogP contribution in [0.3, 0.4) is 0 Å². The number of carbonyl (C=O) groups is 1. The fourth-order valence-electron chi connectivity index (χ4n) is 3.74. The van der Waals surface area contributed by atoms with E-state index in [4.69, 9.17) is 4.42 Å². The minimum absolute atomic E-state index is 0.0297. The number of carbonyl (C=O) groups excluding carboxylic acids is 1. The number of fused-ring (bicyclic) bond motifs is 1. The normalized spacial score (nSPS) is 22.8. The molecule has 0 saturated heterocycles. The fraction of sp³-hybridized carbons (Fsp3) is 0.647. The van der Waals surface area contributed by atoms with Crippen molar-refractivity contribution in [3.63, 3.8) is 0 Å². The van der Waals surface area contributed by atoms with Gasteiger partial charge in [-0.25, -0.2) is 0 Å². The molecule has 1 aromatic heterocycles. The molecule has 0 aliphatic heterocycles. The predicted octanol–water partition coefficient (Wildman–Crippen LogP) is 3.41. The first-order valence-corrected chi connectivity index (χ1v) is 8.06. The summed E-state index contributed by atoms with van der Waals surface area (Å²) in [5, 5.41) is 15.8. The van der Waals surface area contributed by atoms with E-state index in [1.807, 2.05) is 6.92 Å². The minimum atomic E-state index is -0.145. The van der Waals surface area contributed by atoms with Gasteiger partial charge in [-0.3, -0.25) is 4.79 Å². The van der Waals surface area contributed by atoms with Crippen LogP contribution in [0, 0.1) is 12.3 Å². The molecule has 0 bridgehead atoms. The maximum absolute atomic E-state index is 12.5. The van der Waals surface area contributed by atoms with Crippen molar-refractivity contribution in [2.45, 2.75) is 65.3 Å². The third-order valence-corrected chi connectivity index (χ3v) is 4.81. The van der Waals surface area contributed by atoms with E-state index < -0.39 is 0 Å². The summed E-state index contributed by atoms with van der Waals surface area (Å²) in [6.45, 7) is 6.09. The highest BCUT2D eigenvalue weighted by Gasteiger charge is 2.36. The average Bonchev–Trinajstić information content (AvgIpc) is 3.05. The monoisotopic (exact) mass is 304 g/mol. The summed E-state index contributed by atoms with van der Waals surface area (Å²) < 4.78 is 5.87. The van der Waals surface area contributed by atoms with E-state index >= 15 is 0 Å². The van der Waals surface area contributed by atoms with Gasteiger partial charge in [0.1, 0.15) is 5.76 Å². The minimum Gasteiger partial charge on any atom is -0.455 e. The SMILES string of the molecule is Cc1c(C(=O)NC2CCCC2)oc2c1/C(=N\O)CC(C)(C)C2. The Balaban J connectivity index is 1.91. The summed E-state index contributed by atoms with van der Waals surface area (Å²) in [6, 6.07) is 0.261. The Kier molecular flexibility index (Phi) is 3.75. The molecule has 0 atom stereocenters. The van der Waals surface area contributed by atoms with Crippen LogP contribution >= 0.6 is 0 Å². The van der Waals surface area contributed by atoms with Crippen LogP contribution in [0.25, 0.3) is 0 Å². The van der Waals surface area contributed by atoms with Crippen LogP contribution < -0.4 is 5.32 Å². The molecule has 1 saturated carbocycles. The van der Waals surface area contributed by atoms with E-state index in [-0.39, 0.29) is 17.4 Å². The lowest BCUT2D eigenvalue weighted by atomic mass is 9.75. The topological polar surface area (TPSA) is 74.8 Å². The molecular formula is C17H24N2O3. The summed E-state index contributed by atoms with van der Waals surface area (Å²) >= 11 is 0. The van der Waals surface area contributed by atoms with Crippen LogP contribution in [0.15, 0.2) is 9.57 Å². The molecule has 1 fully saturated rings. The van der Waals surface area contributed by atoms with Crippen molar-refractivity contribution < 1.29 is 14.4 Å². The first kappa shape index (κ1) is 15.1. The number of hydrogen-bond acceptors (Lipinski definition) is 4. The molecule has 120 valence electrons. The summed E-state index contributed by atoms with van der Waals surface area (Å²) in [7, 11) is 0. The molecule has 5 heteroatoms. The van der Waals surface area contributed by atoms with Crippen molar-refractivity contribution in [3.05, 3.63) is 22.6 Å². The van der Waals surface area contributed by atoms with Crippen LogP contribution in [0.1, 0.15) is 73.4 Å². The van der Waals surface area contributed by atoms with Gasteiger partial charge in [0.05, 0.1) is 5.71 Å². The van der Waals surface area contributed by atoms with Crippen molar-refractivity contribution in [2.75, 3.05) is 0 Å². The number of furan rings is 1. The molecule has 0 radical (unpaired) electrons. The van der Waals surface area contributed by atoms with Crippen molar-refractivity contribution in [2.24, 2.45) is 10.6 Å². The van der Waals surface area contributed by atoms with E-state index in [0.717, 1.165) is 36.1 Å². The molecule has 1 aromatic rings. The Hall–Kier alpha value is -1.78. The summed E-state index contributed by atoms with van der Waals surface area (Å²) in [5.41, 5.74) is 2.19. The molecular weight excluding hydrogens is 280 g/mol. The van der Waals surface area contributed by atoms with Gasteiger partial charge >= 0.3 is 0 Å². The van der Waals surface area contributed by atoms with Gasteiger partial charge < -0.3 is 14.9 Å². The smallest absolute Gasteiger partial charge is 0.287 e. The lowest BCUT2D eigenvalue weighted by molar-refractivity contribution is 0.0906. The van der Waals surface area contributed by atoms with E-state index in [1.165, 1.54) is 12.8 Å². The van der Waals surface area contributed by atoms with Crippen LogP contribution in [0.2, 0.25) is 0 Å². The van der Waals surface area contributed by atoms with Gasteiger partial charge in [0.15, 0.2) is 5.76 Å². The van der Waals surface area contributed by atoms with E-state index in [9.17, 15) is 10.0 Å². The number of nitrogens with zero attached hydrogens (tertiary/aromatic N) is 1. The van der Waals surface area contributed by atoms with Crippen molar-refractivity contribution >= 4 is 11.6 Å². The third-order valence-electron chi connectivity index (χ3n) is 4.81. The molecule has 1 amide bonds. The third kappa shape index (κ3) is 2.64. The van der Waals surface area contributed by atoms with Gasteiger partial charge in [0, 0.05) is 23.6 Å². The van der Waals surface area contributed by atoms with Gasteiger partial charge in [-0.05, 0) is 31.6 Å². The molecule has 0 unspecified atom stereocenters. The molecule has 5 nitrogen and oxygen atoms in total. The second-order valence-corrected chi connectivity index (χ2v) is 7.37. The molecule has 2 aliphatic carbocycles. The van der Waals surface area contributed by atoms with E-state index in [1.54, 1.807) is 0 Å². The first-order chi connectivity index (χ1) is 10.4. The van der Waals surface area contributed by atoms with E-state index in [0.29, 0.717) is 17.9 Å². The predicted molar refractivity (Wildman–Crippen MR) is 83.6 cm³/mol. The molecule has 22 heavy (non-hydrogen) atoms. The summed E-state index contributed by atoms with van der Waals surface area (Å²) in [4.78, 5) is 12.5. The Morgan fingerprint density at radius 2 is 2.00 bits per heavy atom. The first-order valence-electron chi connectivity index (χ1n) is 8.06. The highest BCUT2D eigenvalue weighted by Crippen LogP contribution is 2.38. The van der Waals surface area contributed by atoms with Gasteiger partial charge in [-0.2, -0.15) is 0 Å². The Morgan fingerprint density at radius 1 is 1.32 bits per heavy atom. The number of hydrogen-bond donors (Lipinski definition) is 2. The lowest BCUT2D eigenvalue weighted by Crippen LogP contribution is -2.32. The average molecular weight is 304 g/mol. The van der Waals surface area contributed by atoms with Gasteiger partial charge in [-0.1, -0.05) is 31.8 Å². The molecule has 2 aliphatic rings.